The van der Waals surface area contributed by atoms with Crippen molar-refractivity contribution in [3.05, 3.63) is 29.3 Å². The van der Waals surface area contributed by atoms with Gasteiger partial charge in [-0.2, -0.15) is 0 Å². The number of aliphatic carboxylic acids is 1. The van der Waals surface area contributed by atoms with Crippen molar-refractivity contribution in [3.63, 3.8) is 0 Å². The fourth-order valence-corrected chi connectivity index (χ4v) is 2.90. The third-order valence-corrected chi connectivity index (χ3v) is 4.06. The zero-order valence-corrected chi connectivity index (χ0v) is 10.2. The number of carboxylic acids is 1. The molecule has 1 unspecified atom stereocenters. The molecular weight excluding hydrogens is 220 g/mol. The SMILES string of the molecule is CC(Sc1ccc2c(c1)CCCC2)C(=O)O. The smallest absolute Gasteiger partial charge is 0.316 e. The molecule has 0 heterocycles. The van der Waals surface area contributed by atoms with E-state index in [-0.39, 0.29) is 5.25 Å². The summed E-state index contributed by atoms with van der Waals surface area (Å²) in [6.45, 7) is 1.73. The summed E-state index contributed by atoms with van der Waals surface area (Å²) in [7, 11) is 0. The van der Waals surface area contributed by atoms with Crippen molar-refractivity contribution in [1.29, 1.82) is 0 Å². The second-order valence-corrected chi connectivity index (χ2v) is 5.65. The molecule has 2 rings (SSSR count). The van der Waals surface area contributed by atoms with E-state index < -0.39 is 5.97 Å². The molecule has 1 atom stereocenters. The van der Waals surface area contributed by atoms with Gasteiger partial charge in [-0.3, -0.25) is 4.79 Å². The molecule has 0 saturated carbocycles. The summed E-state index contributed by atoms with van der Waals surface area (Å²) in [5, 5.41) is 8.49. The second-order valence-electron chi connectivity index (χ2n) is 4.24. The van der Waals surface area contributed by atoms with Gasteiger partial charge in [-0.1, -0.05) is 6.07 Å². The molecule has 1 N–H and O–H groups in total. The van der Waals surface area contributed by atoms with Crippen molar-refractivity contribution >= 4 is 17.7 Å². The molecule has 0 aromatic heterocycles. The number of thioether (sulfide) groups is 1. The van der Waals surface area contributed by atoms with Gasteiger partial charge in [-0.15, -0.1) is 11.8 Å². The van der Waals surface area contributed by atoms with E-state index in [1.807, 2.05) is 6.07 Å². The number of carboxylic acid groups (broad SMARTS) is 1. The van der Waals surface area contributed by atoms with E-state index in [1.165, 1.54) is 42.2 Å². The van der Waals surface area contributed by atoms with Gasteiger partial charge < -0.3 is 5.11 Å². The molecule has 1 aromatic rings. The van der Waals surface area contributed by atoms with Crippen LogP contribution in [0.5, 0.6) is 0 Å². The lowest BCUT2D eigenvalue weighted by Crippen LogP contribution is -2.11. The molecule has 1 aliphatic carbocycles. The number of aryl methyl sites for hydroxylation is 2. The first-order valence-corrected chi connectivity index (χ1v) is 6.56. The van der Waals surface area contributed by atoms with Crippen LogP contribution in [0.1, 0.15) is 30.9 Å². The normalized spacial score (nSPS) is 16.6. The van der Waals surface area contributed by atoms with Gasteiger partial charge in [0.1, 0.15) is 5.25 Å². The van der Waals surface area contributed by atoms with Gasteiger partial charge in [0.15, 0.2) is 0 Å². The van der Waals surface area contributed by atoms with Gasteiger partial charge >= 0.3 is 5.97 Å². The van der Waals surface area contributed by atoms with E-state index in [1.54, 1.807) is 6.92 Å². The maximum Gasteiger partial charge on any atom is 0.316 e. The van der Waals surface area contributed by atoms with Crippen molar-refractivity contribution < 1.29 is 9.90 Å². The second kappa shape index (κ2) is 4.91. The van der Waals surface area contributed by atoms with Crippen LogP contribution in [0, 0.1) is 0 Å². The Labute approximate surface area is 100 Å². The van der Waals surface area contributed by atoms with Crippen molar-refractivity contribution in [3.8, 4) is 0 Å². The highest BCUT2D eigenvalue weighted by Crippen LogP contribution is 2.29. The standard InChI is InChI=1S/C13H16O2S/c1-9(13(14)15)16-12-7-6-10-4-2-3-5-11(10)8-12/h6-9H,2-5H2,1H3,(H,14,15). The van der Waals surface area contributed by atoms with Crippen molar-refractivity contribution in [2.45, 2.75) is 42.8 Å². The van der Waals surface area contributed by atoms with Gasteiger partial charge in [0.05, 0.1) is 0 Å². The van der Waals surface area contributed by atoms with Crippen LogP contribution in [-0.2, 0) is 17.6 Å². The summed E-state index contributed by atoms with van der Waals surface area (Å²) < 4.78 is 0. The number of rotatable bonds is 3. The Morgan fingerprint density at radius 1 is 1.31 bits per heavy atom. The van der Waals surface area contributed by atoms with Crippen LogP contribution in [0.2, 0.25) is 0 Å². The third kappa shape index (κ3) is 2.59. The Hall–Kier alpha value is -0.960. The third-order valence-electron chi connectivity index (χ3n) is 2.98. The number of fused-ring (bicyclic) bond motifs is 1. The highest BCUT2D eigenvalue weighted by Gasteiger charge is 2.14. The summed E-state index contributed by atoms with van der Waals surface area (Å²) in [6, 6.07) is 6.37. The molecule has 1 aromatic carbocycles. The molecule has 86 valence electrons. The summed E-state index contributed by atoms with van der Waals surface area (Å²) in [5.41, 5.74) is 2.85. The Kier molecular flexibility index (Phi) is 3.54. The van der Waals surface area contributed by atoms with Gasteiger partial charge in [0, 0.05) is 4.90 Å². The Morgan fingerprint density at radius 3 is 2.69 bits per heavy atom. The van der Waals surface area contributed by atoms with E-state index in [0.717, 1.165) is 11.3 Å². The maximum atomic E-state index is 10.8. The van der Waals surface area contributed by atoms with E-state index >= 15 is 0 Å². The van der Waals surface area contributed by atoms with E-state index in [9.17, 15) is 4.79 Å². The minimum absolute atomic E-state index is 0.373. The lowest BCUT2D eigenvalue weighted by atomic mass is 9.92. The molecule has 0 radical (unpaired) electrons. The highest BCUT2D eigenvalue weighted by molar-refractivity contribution is 8.00. The lowest BCUT2D eigenvalue weighted by molar-refractivity contribution is -0.136. The Morgan fingerprint density at radius 2 is 2.00 bits per heavy atom. The largest absolute Gasteiger partial charge is 0.480 e. The van der Waals surface area contributed by atoms with Gasteiger partial charge in [-0.25, -0.2) is 0 Å². The fourth-order valence-electron chi connectivity index (χ4n) is 2.04. The summed E-state index contributed by atoms with van der Waals surface area (Å²) >= 11 is 1.42. The highest BCUT2D eigenvalue weighted by atomic mass is 32.2. The minimum Gasteiger partial charge on any atom is -0.480 e. The minimum atomic E-state index is -0.747. The molecule has 0 amide bonds. The van der Waals surface area contributed by atoms with E-state index in [4.69, 9.17) is 5.11 Å². The molecule has 3 heteroatoms. The van der Waals surface area contributed by atoms with Crippen LogP contribution in [0.25, 0.3) is 0 Å². The molecule has 2 nitrogen and oxygen atoms in total. The van der Waals surface area contributed by atoms with Crippen LogP contribution in [0.4, 0.5) is 0 Å². The lowest BCUT2D eigenvalue weighted by Gasteiger charge is -2.16. The van der Waals surface area contributed by atoms with Crippen molar-refractivity contribution in [1.82, 2.24) is 0 Å². The summed E-state index contributed by atoms with van der Waals surface area (Å²) in [6.07, 6.45) is 4.86. The first-order valence-electron chi connectivity index (χ1n) is 5.68. The average molecular weight is 236 g/mol. The maximum absolute atomic E-state index is 10.8. The quantitative estimate of drug-likeness (QED) is 0.819. The van der Waals surface area contributed by atoms with Crippen LogP contribution < -0.4 is 0 Å². The fraction of sp³-hybridized carbons (Fsp3) is 0.462. The van der Waals surface area contributed by atoms with Crippen LogP contribution in [0.15, 0.2) is 23.1 Å². The first kappa shape index (κ1) is 11.5. The van der Waals surface area contributed by atoms with Gasteiger partial charge in [0.2, 0.25) is 0 Å². The molecule has 0 aliphatic heterocycles. The Balaban J connectivity index is 2.14. The first-order chi connectivity index (χ1) is 7.66. The van der Waals surface area contributed by atoms with Gasteiger partial charge in [0.25, 0.3) is 0 Å². The van der Waals surface area contributed by atoms with Crippen LogP contribution in [-0.4, -0.2) is 16.3 Å². The van der Waals surface area contributed by atoms with Gasteiger partial charge in [-0.05, 0) is 55.9 Å². The molecular formula is C13H16O2S. The topological polar surface area (TPSA) is 37.3 Å². The summed E-state index contributed by atoms with van der Waals surface area (Å²) in [4.78, 5) is 11.9. The molecule has 1 aliphatic rings. The molecule has 0 saturated heterocycles. The molecule has 0 spiro atoms. The number of hydrogen-bond acceptors (Lipinski definition) is 2. The van der Waals surface area contributed by atoms with Crippen LogP contribution in [0.3, 0.4) is 0 Å². The Bertz CT molecular complexity index is 401. The van der Waals surface area contributed by atoms with Crippen molar-refractivity contribution in [2.24, 2.45) is 0 Å². The van der Waals surface area contributed by atoms with E-state index in [0.29, 0.717) is 0 Å². The average Bonchev–Trinajstić information content (AvgIpc) is 2.28. The predicted octanol–water partition coefficient (Wildman–Crippen LogP) is 3.13. The molecule has 0 bridgehead atoms. The monoisotopic (exact) mass is 236 g/mol. The zero-order chi connectivity index (χ0) is 11.5. The number of benzene rings is 1. The van der Waals surface area contributed by atoms with Crippen molar-refractivity contribution in [2.75, 3.05) is 0 Å². The van der Waals surface area contributed by atoms with Crippen LogP contribution >= 0.6 is 11.8 Å². The number of hydrogen-bond donors (Lipinski definition) is 1. The zero-order valence-electron chi connectivity index (χ0n) is 9.40. The van der Waals surface area contributed by atoms with E-state index in [2.05, 4.69) is 12.1 Å². The molecule has 0 fully saturated rings. The molecule has 16 heavy (non-hydrogen) atoms. The summed E-state index contributed by atoms with van der Waals surface area (Å²) in [5.74, 6) is -0.747. The predicted molar refractivity (Wildman–Crippen MR) is 66.0 cm³/mol. The number of carbonyl (C=O) groups is 1.